The van der Waals surface area contributed by atoms with Gasteiger partial charge in [-0.2, -0.15) is 0 Å². The van der Waals surface area contributed by atoms with E-state index in [-0.39, 0.29) is 40.9 Å². The molecule has 1 aromatic heterocycles. The number of ketones is 1. The second-order valence-corrected chi connectivity index (χ2v) is 11.7. The molecule has 0 spiro atoms. The Kier molecular flexibility index (Phi) is 7.63. The van der Waals surface area contributed by atoms with Crippen LogP contribution in [0.5, 0.6) is 0 Å². The number of hydrogen-bond donors (Lipinski definition) is 0. The molecule has 0 saturated carbocycles. The second kappa shape index (κ2) is 11.4. The molecule has 0 radical (unpaired) electrons. The van der Waals surface area contributed by atoms with Crippen LogP contribution < -0.4 is 4.90 Å². The molecule has 4 atom stereocenters. The zero-order valence-corrected chi connectivity index (χ0v) is 24.8. The zero-order valence-electron chi connectivity index (χ0n) is 23.3. The number of benzene rings is 3. The number of halogens is 2. The number of amides is 2. The van der Waals surface area contributed by atoms with E-state index in [1.165, 1.54) is 11.8 Å². The summed E-state index contributed by atoms with van der Waals surface area (Å²) in [7, 11) is 0. The Morgan fingerprint density at radius 2 is 1.63 bits per heavy atom. The molecule has 43 heavy (non-hydrogen) atoms. The van der Waals surface area contributed by atoms with E-state index in [0.717, 1.165) is 0 Å². The molecule has 4 unspecified atom stereocenters. The third-order valence-electron chi connectivity index (χ3n) is 8.07. The monoisotopic (exact) mass is 612 g/mol. The number of aromatic nitrogens is 1. The van der Waals surface area contributed by atoms with E-state index in [9.17, 15) is 19.2 Å². The van der Waals surface area contributed by atoms with Gasteiger partial charge in [-0.25, -0.2) is 9.78 Å². The first-order valence-corrected chi connectivity index (χ1v) is 14.6. The van der Waals surface area contributed by atoms with Gasteiger partial charge in [-0.05, 0) is 79.9 Å². The van der Waals surface area contributed by atoms with Crippen molar-refractivity contribution in [3.8, 4) is 11.3 Å². The average molecular weight is 613 g/mol. The van der Waals surface area contributed by atoms with Crippen LogP contribution in [0.2, 0.25) is 10.0 Å². The first kappa shape index (κ1) is 28.8. The van der Waals surface area contributed by atoms with Crippen LogP contribution in [-0.4, -0.2) is 34.7 Å². The fourth-order valence-electron chi connectivity index (χ4n) is 5.82. The van der Waals surface area contributed by atoms with E-state index in [4.69, 9.17) is 32.9 Å². The molecule has 1 saturated heterocycles. The summed E-state index contributed by atoms with van der Waals surface area (Å²) in [6.07, 6.45) is 3.46. The van der Waals surface area contributed by atoms with E-state index in [1.807, 2.05) is 19.1 Å². The minimum absolute atomic E-state index is 0.00263. The minimum Gasteiger partial charge on any atom is -0.451 e. The molecule has 216 valence electrons. The summed E-state index contributed by atoms with van der Waals surface area (Å²) in [6, 6.07) is 19.9. The Morgan fingerprint density at radius 1 is 0.930 bits per heavy atom. The van der Waals surface area contributed by atoms with Gasteiger partial charge in [0.15, 0.2) is 6.10 Å². The van der Waals surface area contributed by atoms with E-state index >= 15 is 0 Å². The predicted molar refractivity (Wildman–Crippen MR) is 165 cm³/mol. The van der Waals surface area contributed by atoms with Gasteiger partial charge in [0.05, 0.1) is 34.3 Å². The predicted octanol–water partition coefficient (Wildman–Crippen LogP) is 7.34. The van der Waals surface area contributed by atoms with Crippen LogP contribution in [0.1, 0.15) is 41.0 Å². The lowest BCUT2D eigenvalue weighted by molar-refractivity contribution is -0.122. The Hall–Kier alpha value is -4.33. The van der Waals surface area contributed by atoms with Gasteiger partial charge >= 0.3 is 5.97 Å². The number of carbonyl (C=O) groups excluding carboxylic acids is 4. The molecule has 6 rings (SSSR count). The zero-order chi connectivity index (χ0) is 30.4. The molecule has 2 aliphatic rings. The number of ether oxygens (including phenoxy) is 1. The maximum atomic E-state index is 13.5. The molecular weight excluding hydrogens is 587 g/mol. The van der Waals surface area contributed by atoms with Gasteiger partial charge in [-0.1, -0.05) is 54.4 Å². The fourth-order valence-corrected chi connectivity index (χ4v) is 6.12. The SMILES string of the molecule is CC(OC(=O)c1cc(-c2ccc(N3C(=O)C4CC=CC(C)C4C3=O)cc2)nc2ccc(Cl)cc12)C(=O)c1ccc(Cl)cc1. The van der Waals surface area contributed by atoms with Crippen molar-refractivity contribution in [2.45, 2.75) is 26.4 Å². The summed E-state index contributed by atoms with van der Waals surface area (Å²) >= 11 is 12.2. The lowest BCUT2D eigenvalue weighted by Crippen LogP contribution is -2.31. The van der Waals surface area contributed by atoms with Crippen molar-refractivity contribution in [1.29, 1.82) is 0 Å². The highest BCUT2D eigenvalue weighted by atomic mass is 35.5. The van der Waals surface area contributed by atoms with Gasteiger partial charge in [0.1, 0.15) is 0 Å². The van der Waals surface area contributed by atoms with Crippen LogP contribution in [0, 0.1) is 17.8 Å². The molecular formula is C34H26Cl2N2O5. The molecule has 3 aromatic carbocycles. The van der Waals surface area contributed by atoms with Crippen molar-refractivity contribution in [1.82, 2.24) is 4.98 Å². The van der Waals surface area contributed by atoms with E-state index in [0.29, 0.717) is 49.9 Å². The van der Waals surface area contributed by atoms with Crippen LogP contribution in [-0.2, 0) is 14.3 Å². The maximum Gasteiger partial charge on any atom is 0.339 e. The summed E-state index contributed by atoms with van der Waals surface area (Å²) < 4.78 is 5.61. The third-order valence-corrected chi connectivity index (χ3v) is 8.55. The molecule has 1 aliphatic heterocycles. The summed E-state index contributed by atoms with van der Waals surface area (Å²) in [5.74, 6) is -2.15. The summed E-state index contributed by atoms with van der Waals surface area (Å²) in [5.41, 5.74) is 2.68. The Morgan fingerprint density at radius 3 is 2.33 bits per heavy atom. The Bertz CT molecular complexity index is 1820. The first-order chi connectivity index (χ1) is 20.6. The van der Waals surface area contributed by atoms with Gasteiger partial charge in [0.25, 0.3) is 0 Å². The quantitative estimate of drug-likeness (QED) is 0.0978. The molecule has 1 fully saturated rings. The fraction of sp³-hybridized carbons (Fsp3) is 0.206. The first-order valence-electron chi connectivity index (χ1n) is 13.9. The van der Waals surface area contributed by atoms with Crippen molar-refractivity contribution >= 4 is 63.4 Å². The number of Topliss-reactive ketones (excluding diaryl/α,β-unsaturated/α-hetero) is 1. The standard InChI is InChI=1S/C34H26Cl2N2O5/c1-18-4-3-5-25-30(18)33(41)38(32(25)40)24-13-8-20(9-14-24)29-17-27(26-16-23(36)12-15-28(26)37-29)34(42)43-19(2)31(39)21-6-10-22(35)11-7-21/h3-4,6-19,25,30H,5H2,1-2H3. The van der Waals surface area contributed by atoms with Crippen LogP contribution in [0.4, 0.5) is 5.69 Å². The average Bonchev–Trinajstić information content (AvgIpc) is 3.26. The lowest BCUT2D eigenvalue weighted by Gasteiger charge is -2.22. The maximum absolute atomic E-state index is 13.5. The number of imide groups is 1. The molecule has 1 aliphatic carbocycles. The number of carbonyl (C=O) groups is 4. The van der Waals surface area contributed by atoms with Crippen molar-refractivity contribution in [3.05, 3.63) is 106 Å². The molecule has 2 amide bonds. The number of rotatable bonds is 6. The van der Waals surface area contributed by atoms with Crippen LogP contribution in [0.3, 0.4) is 0 Å². The summed E-state index contributed by atoms with van der Waals surface area (Å²) in [4.78, 5) is 58.7. The van der Waals surface area contributed by atoms with Crippen molar-refractivity contribution in [3.63, 3.8) is 0 Å². The second-order valence-electron chi connectivity index (χ2n) is 10.8. The van der Waals surface area contributed by atoms with Crippen LogP contribution >= 0.6 is 23.2 Å². The normalized spacial score (nSPS) is 20.3. The number of fused-ring (bicyclic) bond motifs is 2. The third kappa shape index (κ3) is 5.35. The number of esters is 1. The summed E-state index contributed by atoms with van der Waals surface area (Å²) in [6.45, 7) is 3.47. The molecule has 2 heterocycles. The van der Waals surface area contributed by atoms with Gasteiger partial charge < -0.3 is 4.74 Å². The Balaban J connectivity index is 1.30. The van der Waals surface area contributed by atoms with Gasteiger partial charge in [-0.3, -0.25) is 19.3 Å². The van der Waals surface area contributed by atoms with Gasteiger partial charge in [-0.15, -0.1) is 0 Å². The summed E-state index contributed by atoms with van der Waals surface area (Å²) in [5, 5.41) is 1.38. The number of allylic oxidation sites excluding steroid dienone is 2. The van der Waals surface area contributed by atoms with Gasteiger partial charge in [0, 0.05) is 26.6 Å². The number of anilines is 1. The van der Waals surface area contributed by atoms with E-state index in [1.54, 1.807) is 72.8 Å². The highest BCUT2D eigenvalue weighted by Gasteiger charge is 2.50. The van der Waals surface area contributed by atoms with Crippen molar-refractivity contribution in [2.24, 2.45) is 17.8 Å². The highest BCUT2D eigenvalue weighted by Crippen LogP contribution is 2.41. The van der Waals surface area contributed by atoms with Gasteiger partial charge in [0.2, 0.25) is 17.6 Å². The molecule has 4 aromatic rings. The van der Waals surface area contributed by atoms with E-state index in [2.05, 4.69) is 0 Å². The van der Waals surface area contributed by atoms with Crippen LogP contribution in [0.25, 0.3) is 22.2 Å². The number of hydrogen-bond acceptors (Lipinski definition) is 6. The van der Waals surface area contributed by atoms with E-state index < -0.39 is 12.1 Å². The number of nitrogens with zero attached hydrogens (tertiary/aromatic N) is 2. The topological polar surface area (TPSA) is 93.6 Å². The van der Waals surface area contributed by atoms with Crippen molar-refractivity contribution < 1.29 is 23.9 Å². The lowest BCUT2D eigenvalue weighted by atomic mass is 9.78. The van der Waals surface area contributed by atoms with Crippen molar-refractivity contribution in [2.75, 3.05) is 4.90 Å². The smallest absolute Gasteiger partial charge is 0.339 e. The highest BCUT2D eigenvalue weighted by molar-refractivity contribution is 6.31. The molecule has 0 N–H and O–H groups in total. The van der Waals surface area contributed by atoms with Crippen LogP contribution in [0.15, 0.2) is 84.9 Å². The molecule has 9 heteroatoms. The number of pyridine rings is 1. The Labute approximate surface area is 258 Å². The molecule has 0 bridgehead atoms. The minimum atomic E-state index is -1.06. The molecule has 7 nitrogen and oxygen atoms in total. The largest absolute Gasteiger partial charge is 0.451 e.